The van der Waals surface area contributed by atoms with Crippen molar-refractivity contribution in [1.29, 1.82) is 0 Å². The summed E-state index contributed by atoms with van der Waals surface area (Å²) in [6, 6.07) is 7.02. The Kier molecular flexibility index (Phi) is 6.02. The summed E-state index contributed by atoms with van der Waals surface area (Å²) in [6.07, 6.45) is 5.89. The van der Waals surface area contributed by atoms with Gasteiger partial charge in [0.25, 0.3) is 0 Å². The average Bonchev–Trinajstić information content (AvgIpc) is 2.61. The molecule has 1 atom stereocenters. The number of nitrogens with one attached hydrogen (secondary N) is 1. The van der Waals surface area contributed by atoms with Gasteiger partial charge in [-0.25, -0.2) is 4.79 Å². The summed E-state index contributed by atoms with van der Waals surface area (Å²) in [4.78, 5) is 25.9. The number of amides is 1. The van der Waals surface area contributed by atoms with Gasteiger partial charge in [0.2, 0.25) is 5.91 Å². The van der Waals surface area contributed by atoms with E-state index in [0.717, 1.165) is 18.5 Å². The molecule has 5 heteroatoms. The number of nitrogens with zero attached hydrogens (tertiary/aromatic N) is 1. The molecule has 23 heavy (non-hydrogen) atoms. The van der Waals surface area contributed by atoms with Crippen LogP contribution in [0.15, 0.2) is 24.3 Å². The molecule has 0 saturated heterocycles. The van der Waals surface area contributed by atoms with Crippen LogP contribution in [0.3, 0.4) is 0 Å². The lowest BCUT2D eigenvalue weighted by Gasteiger charge is -2.33. The highest BCUT2D eigenvalue weighted by molar-refractivity contribution is 5.90. The van der Waals surface area contributed by atoms with E-state index in [2.05, 4.69) is 10.1 Å². The minimum Gasteiger partial charge on any atom is -0.465 e. The van der Waals surface area contributed by atoms with Crippen molar-refractivity contribution >= 4 is 17.6 Å². The number of ether oxygens (including phenoxy) is 1. The molecule has 126 valence electrons. The molecule has 0 aromatic heterocycles. The Hall–Kier alpha value is -2.04. The molecule has 0 aliphatic heterocycles. The van der Waals surface area contributed by atoms with Crippen LogP contribution in [-0.4, -0.2) is 43.0 Å². The number of carbonyl (C=O) groups excluding carboxylic acids is 2. The van der Waals surface area contributed by atoms with Gasteiger partial charge in [0.15, 0.2) is 0 Å². The van der Waals surface area contributed by atoms with Crippen LogP contribution in [0.1, 0.15) is 49.4 Å². The Morgan fingerprint density at radius 1 is 1.17 bits per heavy atom. The quantitative estimate of drug-likeness (QED) is 0.848. The second-order valence-corrected chi connectivity index (χ2v) is 6.18. The fourth-order valence-electron chi connectivity index (χ4n) is 3.09. The predicted octanol–water partition coefficient (Wildman–Crippen LogP) is 3.06. The van der Waals surface area contributed by atoms with Crippen molar-refractivity contribution in [2.75, 3.05) is 19.5 Å². The van der Waals surface area contributed by atoms with Gasteiger partial charge in [-0.05, 0) is 44.0 Å². The highest BCUT2D eigenvalue weighted by atomic mass is 16.5. The van der Waals surface area contributed by atoms with Gasteiger partial charge in [0.1, 0.15) is 6.04 Å². The minimum atomic E-state index is -0.363. The molecule has 1 N–H and O–H groups in total. The molecule has 1 amide bonds. The third-order valence-corrected chi connectivity index (χ3v) is 4.53. The molecule has 1 aromatic rings. The van der Waals surface area contributed by atoms with E-state index in [9.17, 15) is 9.59 Å². The van der Waals surface area contributed by atoms with Crippen LogP contribution in [0.2, 0.25) is 0 Å². The zero-order valence-electron chi connectivity index (χ0n) is 14.2. The van der Waals surface area contributed by atoms with Crippen molar-refractivity contribution in [3.8, 4) is 0 Å². The van der Waals surface area contributed by atoms with Crippen LogP contribution in [0.5, 0.6) is 0 Å². The molecule has 1 fully saturated rings. The Bertz CT molecular complexity index is 536. The highest BCUT2D eigenvalue weighted by Gasteiger charge is 2.25. The number of anilines is 1. The smallest absolute Gasteiger partial charge is 0.337 e. The van der Waals surface area contributed by atoms with E-state index < -0.39 is 0 Å². The molecule has 1 saturated carbocycles. The second kappa shape index (κ2) is 7.99. The third kappa shape index (κ3) is 4.47. The normalized spacial score (nSPS) is 16.5. The van der Waals surface area contributed by atoms with Crippen LogP contribution in [0.25, 0.3) is 0 Å². The first-order chi connectivity index (χ1) is 11.0. The molecular weight excluding hydrogens is 292 g/mol. The summed E-state index contributed by atoms with van der Waals surface area (Å²) in [5.74, 6) is -0.258. The van der Waals surface area contributed by atoms with Crippen LogP contribution < -0.4 is 5.32 Å². The van der Waals surface area contributed by atoms with E-state index in [0.29, 0.717) is 11.6 Å². The average molecular weight is 318 g/mol. The van der Waals surface area contributed by atoms with Crippen molar-refractivity contribution in [1.82, 2.24) is 4.90 Å². The molecule has 0 heterocycles. The van der Waals surface area contributed by atoms with Crippen molar-refractivity contribution in [3.05, 3.63) is 29.8 Å². The largest absolute Gasteiger partial charge is 0.465 e. The van der Waals surface area contributed by atoms with Crippen molar-refractivity contribution in [2.45, 2.75) is 51.1 Å². The Labute approximate surface area is 138 Å². The van der Waals surface area contributed by atoms with Gasteiger partial charge < -0.3 is 15.0 Å². The first-order valence-electron chi connectivity index (χ1n) is 8.24. The first kappa shape index (κ1) is 17.3. The van der Waals surface area contributed by atoms with E-state index in [1.807, 2.05) is 18.9 Å². The standard InChI is InChI=1S/C18H26N2O3/c1-13(17(21)20(2)16-7-5-4-6-8-16)19-15-11-9-14(10-12-15)18(22)23-3/h9-13,16,19H,4-8H2,1-3H3/t13-/m1/s1. The van der Waals surface area contributed by atoms with Crippen molar-refractivity contribution in [2.24, 2.45) is 0 Å². The van der Waals surface area contributed by atoms with Gasteiger partial charge in [0.05, 0.1) is 12.7 Å². The second-order valence-electron chi connectivity index (χ2n) is 6.18. The molecule has 1 aliphatic carbocycles. The fourth-order valence-corrected chi connectivity index (χ4v) is 3.09. The molecule has 1 aliphatic rings. The van der Waals surface area contributed by atoms with Crippen LogP contribution >= 0.6 is 0 Å². The fraction of sp³-hybridized carbons (Fsp3) is 0.556. The maximum Gasteiger partial charge on any atom is 0.337 e. The number of rotatable bonds is 5. The van der Waals surface area contributed by atoms with Gasteiger partial charge in [-0.15, -0.1) is 0 Å². The molecule has 0 spiro atoms. The maximum absolute atomic E-state index is 12.6. The molecule has 0 bridgehead atoms. The highest BCUT2D eigenvalue weighted by Crippen LogP contribution is 2.22. The first-order valence-corrected chi connectivity index (χ1v) is 8.24. The SMILES string of the molecule is COC(=O)c1ccc(N[C@H](C)C(=O)N(C)C2CCCCC2)cc1. The van der Waals surface area contributed by atoms with E-state index in [-0.39, 0.29) is 17.9 Å². The van der Waals surface area contributed by atoms with Crippen LogP contribution in [0.4, 0.5) is 5.69 Å². The van der Waals surface area contributed by atoms with Gasteiger partial charge in [-0.1, -0.05) is 19.3 Å². The van der Waals surface area contributed by atoms with Crippen LogP contribution in [0, 0.1) is 0 Å². The van der Waals surface area contributed by atoms with E-state index >= 15 is 0 Å². The van der Waals surface area contributed by atoms with Gasteiger partial charge in [-0.2, -0.15) is 0 Å². The monoisotopic (exact) mass is 318 g/mol. The number of hydrogen-bond acceptors (Lipinski definition) is 4. The summed E-state index contributed by atoms with van der Waals surface area (Å²) in [7, 11) is 3.26. The number of benzene rings is 1. The summed E-state index contributed by atoms with van der Waals surface area (Å²) < 4.78 is 4.67. The number of methoxy groups -OCH3 is 1. The van der Waals surface area contributed by atoms with E-state index in [4.69, 9.17) is 0 Å². The Morgan fingerprint density at radius 3 is 2.35 bits per heavy atom. The molecule has 0 unspecified atom stereocenters. The van der Waals surface area contributed by atoms with E-state index in [1.165, 1.54) is 26.4 Å². The molecule has 5 nitrogen and oxygen atoms in total. The summed E-state index contributed by atoms with van der Waals surface area (Å²) in [6.45, 7) is 1.87. The summed E-state index contributed by atoms with van der Waals surface area (Å²) >= 11 is 0. The lowest BCUT2D eigenvalue weighted by Crippen LogP contribution is -2.45. The third-order valence-electron chi connectivity index (χ3n) is 4.53. The number of esters is 1. The van der Waals surface area contributed by atoms with Gasteiger partial charge in [0, 0.05) is 18.8 Å². The van der Waals surface area contributed by atoms with Gasteiger partial charge >= 0.3 is 5.97 Å². The molecule has 1 aromatic carbocycles. The molecular formula is C18H26N2O3. The van der Waals surface area contributed by atoms with Crippen molar-refractivity contribution in [3.63, 3.8) is 0 Å². The number of likely N-dealkylation sites (N-methyl/N-ethyl adjacent to an activating group) is 1. The van der Waals surface area contributed by atoms with Crippen LogP contribution in [-0.2, 0) is 9.53 Å². The Balaban J connectivity index is 1.93. The van der Waals surface area contributed by atoms with E-state index in [1.54, 1.807) is 24.3 Å². The topological polar surface area (TPSA) is 58.6 Å². The molecule has 2 rings (SSSR count). The molecule has 0 radical (unpaired) electrons. The minimum absolute atomic E-state index is 0.106. The maximum atomic E-state index is 12.6. The van der Waals surface area contributed by atoms with Crippen molar-refractivity contribution < 1.29 is 14.3 Å². The lowest BCUT2D eigenvalue weighted by atomic mass is 9.94. The Morgan fingerprint density at radius 2 is 1.78 bits per heavy atom. The number of carbonyl (C=O) groups is 2. The summed E-state index contributed by atoms with van der Waals surface area (Å²) in [5.41, 5.74) is 1.31. The zero-order chi connectivity index (χ0) is 16.8. The predicted molar refractivity (Wildman–Crippen MR) is 90.5 cm³/mol. The summed E-state index contributed by atoms with van der Waals surface area (Å²) in [5, 5.41) is 3.20. The van der Waals surface area contributed by atoms with Gasteiger partial charge in [-0.3, -0.25) is 4.79 Å². The lowest BCUT2D eigenvalue weighted by molar-refractivity contribution is -0.133. The number of hydrogen-bond donors (Lipinski definition) is 1. The zero-order valence-corrected chi connectivity index (χ0v) is 14.2.